The first-order chi connectivity index (χ1) is 9.43. The monoisotopic (exact) mass is 278 g/mol. The molecule has 2 rings (SSSR count). The van der Waals surface area contributed by atoms with Crippen LogP contribution in [0.3, 0.4) is 0 Å². The van der Waals surface area contributed by atoms with E-state index < -0.39 is 23.0 Å². The van der Waals surface area contributed by atoms with E-state index in [1.165, 1.54) is 25.3 Å². The van der Waals surface area contributed by atoms with Crippen LogP contribution >= 0.6 is 0 Å². The summed E-state index contributed by atoms with van der Waals surface area (Å²) < 4.78 is 32.4. The molecule has 0 spiro atoms. The van der Waals surface area contributed by atoms with Crippen molar-refractivity contribution >= 4 is 17.2 Å². The summed E-state index contributed by atoms with van der Waals surface area (Å²) in [7, 11) is 1.27. The zero-order chi connectivity index (χ0) is 14.9. The van der Waals surface area contributed by atoms with Crippen molar-refractivity contribution in [2.24, 2.45) is 0 Å². The van der Waals surface area contributed by atoms with Crippen molar-refractivity contribution in [3.05, 3.63) is 53.1 Å². The van der Waals surface area contributed by atoms with Crippen LogP contribution in [0.4, 0.5) is 20.2 Å². The Hall–Kier alpha value is -2.63. The van der Waals surface area contributed by atoms with Gasteiger partial charge < -0.3 is 16.2 Å². The van der Waals surface area contributed by atoms with Gasteiger partial charge in [0.15, 0.2) is 0 Å². The zero-order valence-electron chi connectivity index (χ0n) is 10.6. The van der Waals surface area contributed by atoms with Crippen molar-refractivity contribution in [1.29, 1.82) is 0 Å². The molecule has 2 aromatic carbocycles. The maximum atomic E-state index is 13.8. The van der Waals surface area contributed by atoms with Gasteiger partial charge in [-0.25, -0.2) is 8.78 Å². The van der Waals surface area contributed by atoms with E-state index in [1.807, 2.05) is 0 Å². The second-order valence-electron chi connectivity index (χ2n) is 4.14. The molecular weight excluding hydrogens is 266 g/mol. The van der Waals surface area contributed by atoms with E-state index in [0.29, 0.717) is 5.69 Å². The maximum Gasteiger partial charge on any atom is 0.201 e. The lowest BCUT2D eigenvalue weighted by atomic mass is 10.00. The highest BCUT2D eigenvalue weighted by atomic mass is 19.1. The number of nitrogen functional groups attached to an aromatic ring is 2. The topological polar surface area (TPSA) is 78.3 Å². The molecule has 104 valence electrons. The van der Waals surface area contributed by atoms with Crippen LogP contribution in [0.15, 0.2) is 30.3 Å². The van der Waals surface area contributed by atoms with Crippen LogP contribution in [0, 0.1) is 11.6 Å². The van der Waals surface area contributed by atoms with E-state index in [0.717, 1.165) is 12.1 Å². The number of ketones is 1. The molecule has 0 saturated heterocycles. The van der Waals surface area contributed by atoms with Gasteiger partial charge in [0.05, 0.1) is 12.7 Å². The van der Waals surface area contributed by atoms with E-state index >= 15 is 0 Å². The number of benzene rings is 2. The molecule has 4 N–H and O–H groups in total. The molecule has 20 heavy (non-hydrogen) atoms. The molecule has 6 heteroatoms. The fraction of sp³-hybridized carbons (Fsp3) is 0.0714. The molecule has 2 aromatic rings. The van der Waals surface area contributed by atoms with Crippen molar-refractivity contribution in [2.45, 2.75) is 0 Å². The second-order valence-corrected chi connectivity index (χ2v) is 4.14. The van der Waals surface area contributed by atoms with Crippen molar-refractivity contribution < 1.29 is 18.3 Å². The van der Waals surface area contributed by atoms with Gasteiger partial charge in [-0.2, -0.15) is 0 Å². The predicted molar refractivity (Wildman–Crippen MR) is 71.6 cm³/mol. The summed E-state index contributed by atoms with van der Waals surface area (Å²) in [5, 5.41) is 0. The van der Waals surface area contributed by atoms with Gasteiger partial charge in [0, 0.05) is 29.1 Å². The molecule has 0 unspecified atom stereocenters. The number of rotatable bonds is 3. The van der Waals surface area contributed by atoms with Crippen molar-refractivity contribution in [1.82, 2.24) is 0 Å². The smallest absolute Gasteiger partial charge is 0.201 e. The first kappa shape index (κ1) is 13.8. The van der Waals surface area contributed by atoms with Crippen LogP contribution in [0.25, 0.3) is 0 Å². The molecule has 0 fully saturated rings. The van der Waals surface area contributed by atoms with Gasteiger partial charge in [-0.1, -0.05) is 0 Å². The Morgan fingerprint density at radius 3 is 2.20 bits per heavy atom. The lowest BCUT2D eigenvalue weighted by Crippen LogP contribution is -2.10. The number of carbonyl (C=O) groups is 1. The lowest BCUT2D eigenvalue weighted by Gasteiger charge is -2.09. The first-order valence-electron chi connectivity index (χ1n) is 5.66. The highest BCUT2D eigenvalue weighted by molar-refractivity contribution is 6.12. The minimum atomic E-state index is -1.01. The molecule has 4 nitrogen and oxygen atoms in total. The number of hydrogen-bond donors (Lipinski definition) is 2. The van der Waals surface area contributed by atoms with E-state index in [1.54, 1.807) is 0 Å². The normalized spacial score (nSPS) is 10.3. The Morgan fingerprint density at radius 1 is 1.10 bits per heavy atom. The Morgan fingerprint density at radius 2 is 1.70 bits per heavy atom. The number of nitrogens with two attached hydrogens (primary N) is 2. The van der Waals surface area contributed by atoms with Crippen LogP contribution in [0.1, 0.15) is 15.9 Å². The number of halogens is 2. The molecule has 0 heterocycles. The predicted octanol–water partition coefficient (Wildman–Crippen LogP) is 2.37. The Kier molecular flexibility index (Phi) is 3.56. The van der Waals surface area contributed by atoms with E-state index in [2.05, 4.69) is 0 Å². The third kappa shape index (κ3) is 2.40. The van der Waals surface area contributed by atoms with Gasteiger partial charge in [-0.3, -0.25) is 4.79 Å². The number of methoxy groups -OCH3 is 1. The average Bonchev–Trinajstić information content (AvgIpc) is 2.37. The van der Waals surface area contributed by atoms with E-state index in [9.17, 15) is 13.6 Å². The van der Waals surface area contributed by atoms with E-state index in [-0.39, 0.29) is 17.0 Å². The Balaban J connectivity index is 2.54. The van der Waals surface area contributed by atoms with Crippen molar-refractivity contribution in [2.75, 3.05) is 18.6 Å². The quantitative estimate of drug-likeness (QED) is 0.667. The van der Waals surface area contributed by atoms with Crippen LogP contribution in [-0.4, -0.2) is 12.9 Å². The molecule has 0 amide bonds. The van der Waals surface area contributed by atoms with Gasteiger partial charge in [0.1, 0.15) is 17.4 Å². The minimum Gasteiger partial charge on any atom is -0.497 e. The summed E-state index contributed by atoms with van der Waals surface area (Å²) in [5.41, 5.74) is 10.9. The summed E-state index contributed by atoms with van der Waals surface area (Å²) >= 11 is 0. The number of anilines is 2. The summed E-state index contributed by atoms with van der Waals surface area (Å²) in [6.07, 6.45) is 0. The fourth-order valence-corrected chi connectivity index (χ4v) is 1.81. The third-order valence-electron chi connectivity index (χ3n) is 2.80. The minimum absolute atomic E-state index is 0.0119. The van der Waals surface area contributed by atoms with Crippen molar-refractivity contribution in [3.8, 4) is 5.75 Å². The van der Waals surface area contributed by atoms with Crippen LogP contribution in [0.5, 0.6) is 5.75 Å². The molecule has 0 radical (unpaired) electrons. The highest BCUT2D eigenvalue weighted by Crippen LogP contribution is 2.25. The molecule has 0 aromatic heterocycles. The van der Waals surface area contributed by atoms with Gasteiger partial charge in [0.25, 0.3) is 0 Å². The Labute approximate surface area is 114 Å². The largest absolute Gasteiger partial charge is 0.497 e. The summed E-state index contributed by atoms with van der Waals surface area (Å²) in [6.45, 7) is 0. The standard InChI is InChI=1S/C14H12F2N2O2/c1-20-8-5-10(15)13(11(16)6-8)14(19)9-3-2-7(17)4-12(9)18/h2-6H,17-18H2,1H3. The van der Waals surface area contributed by atoms with Gasteiger partial charge in [-0.15, -0.1) is 0 Å². The van der Waals surface area contributed by atoms with Gasteiger partial charge >= 0.3 is 0 Å². The SMILES string of the molecule is COc1cc(F)c(C(=O)c2ccc(N)cc2N)c(F)c1. The number of carbonyl (C=O) groups excluding carboxylic acids is 1. The van der Waals surface area contributed by atoms with Gasteiger partial charge in [0.2, 0.25) is 5.78 Å². The average molecular weight is 278 g/mol. The molecule has 0 atom stereocenters. The molecule has 0 aliphatic heterocycles. The fourth-order valence-electron chi connectivity index (χ4n) is 1.81. The molecule has 0 aliphatic carbocycles. The second kappa shape index (κ2) is 5.16. The summed E-state index contributed by atoms with van der Waals surface area (Å²) in [5.74, 6) is -2.88. The first-order valence-corrected chi connectivity index (χ1v) is 5.66. The summed E-state index contributed by atoms with van der Waals surface area (Å²) in [4.78, 5) is 12.2. The summed E-state index contributed by atoms with van der Waals surface area (Å²) in [6, 6.07) is 5.99. The third-order valence-corrected chi connectivity index (χ3v) is 2.80. The number of ether oxygens (including phenoxy) is 1. The van der Waals surface area contributed by atoms with Crippen LogP contribution in [-0.2, 0) is 0 Å². The highest BCUT2D eigenvalue weighted by Gasteiger charge is 2.22. The van der Waals surface area contributed by atoms with Gasteiger partial charge in [-0.05, 0) is 18.2 Å². The molecular formula is C14H12F2N2O2. The molecule has 0 aliphatic rings. The Bertz CT molecular complexity index is 664. The van der Waals surface area contributed by atoms with E-state index in [4.69, 9.17) is 16.2 Å². The number of hydrogen-bond acceptors (Lipinski definition) is 4. The van der Waals surface area contributed by atoms with Crippen molar-refractivity contribution in [3.63, 3.8) is 0 Å². The maximum absolute atomic E-state index is 13.8. The van der Waals surface area contributed by atoms with Crippen LogP contribution < -0.4 is 16.2 Å². The molecule has 0 saturated carbocycles. The zero-order valence-corrected chi connectivity index (χ0v) is 10.6. The van der Waals surface area contributed by atoms with Crippen LogP contribution in [0.2, 0.25) is 0 Å². The lowest BCUT2D eigenvalue weighted by molar-refractivity contribution is 0.103. The molecule has 0 bridgehead atoms.